The van der Waals surface area contributed by atoms with Crippen molar-refractivity contribution in [1.29, 1.82) is 0 Å². The summed E-state index contributed by atoms with van der Waals surface area (Å²) in [6.07, 6.45) is 2.05. The summed E-state index contributed by atoms with van der Waals surface area (Å²) in [7, 11) is 0. The van der Waals surface area contributed by atoms with Gasteiger partial charge in [-0.1, -0.05) is 17.7 Å². The first-order valence-corrected chi connectivity index (χ1v) is 4.71. The molecule has 0 bridgehead atoms. The van der Waals surface area contributed by atoms with E-state index in [1.54, 1.807) is 0 Å². The summed E-state index contributed by atoms with van der Waals surface area (Å²) in [5.74, 6) is 0. The molecule has 0 spiro atoms. The number of nitrogens with zero attached hydrogens (tertiary/aromatic N) is 2. The number of alkyl halides is 2. The van der Waals surface area contributed by atoms with Crippen LogP contribution in [-0.4, -0.2) is 20.2 Å². The molecule has 82 valence electrons. The van der Waals surface area contributed by atoms with Crippen LogP contribution in [0.5, 0.6) is 0 Å². The molecular weight excluding hydrogens is 270 g/mol. The fourth-order valence-electron chi connectivity index (χ4n) is 0.999. The van der Waals surface area contributed by atoms with Crippen LogP contribution in [0.2, 0.25) is 0 Å². The molecular formula is C6H3Cl3N2O4. The van der Waals surface area contributed by atoms with E-state index in [0.29, 0.717) is 0 Å². The van der Waals surface area contributed by atoms with E-state index in [-0.39, 0.29) is 0 Å². The zero-order valence-electron chi connectivity index (χ0n) is 6.89. The van der Waals surface area contributed by atoms with Crippen molar-refractivity contribution in [3.8, 4) is 0 Å². The van der Waals surface area contributed by atoms with Crippen LogP contribution in [0.3, 0.4) is 0 Å². The second-order valence-corrected chi connectivity index (χ2v) is 4.07. The van der Waals surface area contributed by atoms with Crippen molar-refractivity contribution in [3.05, 3.63) is 43.1 Å². The van der Waals surface area contributed by atoms with Crippen LogP contribution in [0.15, 0.2) is 22.9 Å². The lowest BCUT2D eigenvalue weighted by molar-refractivity contribution is -0.530. The van der Waals surface area contributed by atoms with Crippen molar-refractivity contribution in [3.63, 3.8) is 0 Å². The molecule has 6 nitrogen and oxygen atoms in total. The van der Waals surface area contributed by atoms with Gasteiger partial charge in [0, 0.05) is 6.08 Å². The van der Waals surface area contributed by atoms with Gasteiger partial charge >= 0.3 is 5.00 Å². The first-order chi connectivity index (χ1) is 6.81. The third-order valence-electron chi connectivity index (χ3n) is 1.78. The smallest absolute Gasteiger partial charge is 0.262 e. The lowest BCUT2D eigenvalue weighted by Gasteiger charge is -2.22. The van der Waals surface area contributed by atoms with Gasteiger partial charge in [-0.3, -0.25) is 20.2 Å². The van der Waals surface area contributed by atoms with E-state index in [4.69, 9.17) is 34.8 Å². The molecule has 0 aromatic carbocycles. The summed E-state index contributed by atoms with van der Waals surface area (Å²) >= 11 is 16.7. The third kappa shape index (κ3) is 1.80. The second-order valence-electron chi connectivity index (χ2n) is 2.65. The summed E-state index contributed by atoms with van der Waals surface area (Å²) < 4.78 is 0. The lowest BCUT2D eigenvalue weighted by atomic mass is 10.1. The molecule has 15 heavy (non-hydrogen) atoms. The van der Waals surface area contributed by atoms with Crippen molar-refractivity contribution in [2.45, 2.75) is 10.4 Å². The average Bonchev–Trinajstić information content (AvgIpc) is 2.13. The first kappa shape index (κ1) is 12.2. The van der Waals surface area contributed by atoms with E-state index < -0.39 is 31.0 Å². The molecule has 0 aliphatic heterocycles. The SMILES string of the molecule is O=[N+]([O-])C1=C(Cl)C(Cl)([N+](=O)[O-])C(Cl)C=C1. The zero-order valence-corrected chi connectivity index (χ0v) is 9.16. The molecule has 1 aliphatic carbocycles. The van der Waals surface area contributed by atoms with Crippen LogP contribution in [0.4, 0.5) is 0 Å². The molecule has 0 saturated carbocycles. The van der Waals surface area contributed by atoms with E-state index in [1.807, 2.05) is 0 Å². The van der Waals surface area contributed by atoms with E-state index in [2.05, 4.69) is 0 Å². The highest BCUT2D eigenvalue weighted by molar-refractivity contribution is 6.43. The average molecular weight is 273 g/mol. The van der Waals surface area contributed by atoms with Crippen molar-refractivity contribution < 1.29 is 9.85 Å². The van der Waals surface area contributed by atoms with Crippen molar-refractivity contribution in [2.24, 2.45) is 0 Å². The monoisotopic (exact) mass is 272 g/mol. The fourth-order valence-corrected chi connectivity index (χ4v) is 1.80. The Kier molecular flexibility index (Phi) is 3.22. The third-order valence-corrected chi connectivity index (χ3v) is 3.50. The minimum absolute atomic E-state index is 0.625. The van der Waals surface area contributed by atoms with Crippen LogP contribution < -0.4 is 0 Å². The minimum atomic E-state index is -2.37. The molecule has 0 amide bonds. The van der Waals surface area contributed by atoms with Gasteiger partial charge in [-0.05, 0) is 11.6 Å². The second kappa shape index (κ2) is 3.96. The van der Waals surface area contributed by atoms with Crippen LogP contribution >= 0.6 is 34.8 Å². The molecule has 0 fully saturated rings. The summed E-state index contributed by atoms with van der Waals surface area (Å²) in [6, 6.07) is 0. The number of halogens is 3. The fraction of sp³-hybridized carbons (Fsp3) is 0.333. The van der Waals surface area contributed by atoms with Gasteiger partial charge in [-0.25, -0.2) is 0 Å². The zero-order chi connectivity index (χ0) is 11.8. The number of hydrogen-bond donors (Lipinski definition) is 0. The Morgan fingerprint density at radius 2 is 1.93 bits per heavy atom. The number of nitro groups is 2. The first-order valence-electron chi connectivity index (χ1n) is 3.52. The number of hydrogen-bond acceptors (Lipinski definition) is 4. The Labute approximate surface area is 98.4 Å². The summed E-state index contributed by atoms with van der Waals surface area (Å²) in [5, 5.41) is 19.2. The Balaban J connectivity index is 3.35. The molecule has 1 aliphatic rings. The van der Waals surface area contributed by atoms with Gasteiger partial charge in [-0.15, -0.1) is 11.6 Å². The Bertz CT molecular complexity index is 394. The van der Waals surface area contributed by atoms with Gasteiger partial charge in [0.1, 0.15) is 5.38 Å². The maximum atomic E-state index is 10.7. The van der Waals surface area contributed by atoms with E-state index in [0.717, 1.165) is 12.2 Å². The summed E-state index contributed by atoms with van der Waals surface area (Å²) in [4.78, 5) is 17.0. The number of rotatable bonds is 2. The van der Waals surface area contributed by atoms with Gasteiger partial charge in [-0.2, -0.15) is 0 Å². The van der Waals surface area contributed by atoms with Gasteiger partial charge in [0.05, 0.1) is 9.85 Å². The predicted molar refractivity (Wildman–Crippen MR) is 54.2 cm³/mol. The van der Waals surface area contributed by atoms with Crippen LogP contribution in [0.25, 0.3) is 0 Å². The largest absolute Gasteiger partial charge is 0.357 e. The maximum Gasteiger partial charge on any atom is 0.357 e. The molecule has 0 radical (unpaired) electrons. The molecule has 2 unspecified atom stereocenters. The maximum absolute atomic E-state index is 10.7. The van der Waals surface area contributed by atoms with Gasteiger partial charge in [0.2, 0.25) is 0 Å². The Hall–Kier alpha value is -0.850. The summed E-state index contributed by atoms with van der Waals surface area (Å²) in [5.41, 5.74) is -0.625. The Morgan fingerprint density at radius 3 is 2.33 bits per heavy atom. The molecule has 0 aromatic rings. The van der Waals surface area contributed by atoms with Crippen LogP contribution in [-0.2, 0) is 0 Å². The van der Waals surface area contributed by atoms with Crippen LogP contribution in [0, 0.1) is 20.2 Å². The van der Waals surface area contributed by atoms with Crippen molar-refractivity contribution >= 4 is 34.8 Å². The highest BCUT2D eigenvalue weighted by atomic mass is 35.5. The van der Waals surface area contributed by atoms with Gasteiger partial charge in [0.25, 0.3) is 5.70 Å². The van der Waals surface area contributed by atoms with Gasteiger partial charge < -0.3 is 0 Å². The summed E-state index contributed by atoms with van der Waals surface area (Å²) in [6.45, 7) is 0. The highest BCUT2D eigenvalue weighted by Crippen LogP contribution is 2.41. The van der Waals surface area contributed by atoms with E-state index in [1.165, 1.54) is 0 Å². The van der Waals surface area contributed by atoms with E-state index in [9.17, 15) is 20.2 Å². The molecule has 0 aromatic heterocycles. The quantitative estimate of drug-likeness (QED) is 0.334. The molecule has 9 heteroatoms. The normalized spacial score (nSPS) is 30.5. The van der Waals surface area contributed by atoms with Crippen molar-refractivity contribution in [2.75, 3.05) is 0 Å². The lowest BCUT2D eigenvalue weighted by Crippen LogP contribution is -2.43. The van der Waals surface area contributed by atoms with E-state index >= 15 is 0 Å². The molecule has 0 N–H and O–H groups in total. The minimum Gasteiger partial charge on any atom is -0.262 e. The molecule has 0 saturated heterocycles. The predicted octanol–water partition coefficient (Wildman–Crippen LogP) is 2.10. The van der Waals surface area contributed by atoms with Crippen molar-refractivity contribution in [1.82, 2.24) is 0 Å². The topological polar surface area (TPSA) is 86.3 Å². The highest BCUT2D eigenvalue weighted by Gasteiger charge is 2.56. The Morgan fingerprint density at radius 1 is 1.40 bits per heavy atom. The molecule has 2 atom stereocenters. The molecule has 0 heterocycles. The van der Waals surface area contributed by atoms with Crippen LogP contribution in [0.1, 0.15) is 0 Å². The van der Waals surface area contributed by atoms with Gasteiger partial charge in [0.15, 0.2) is 5.03 Å². The standard InChI is InChI=1S/C6H3Cl3N2O4/c7-4-2-1-3(10(12)13)5(8)6(4,9)11(14)15/h1-2,4H. The number of allylic oxidation sites excluding steroid dienone is 1. The molecule has 1 rings (SSSR count).